The third-order valence-corrected chi connectivity index (χ3v) is 2.94. The second-order valence-electron chi connectivity index (χ2n) is 5.60. The highest BCUT2D eigenvalue weighted by Gasteiger charge is 2.17. The van der Waals surface area contributed by atoms with Gasteiger partial charge in [0, 0.05) is 11.6 Å². The fourth-order valence-electron chi connectivity index (χ4n) is 1.94. The Bertz CT molecular complexity index is 728. The van der Waals surface area contributed by atoms with Crippen molar-refractivity contribution in [3.63, 3.8) is 0 Å². The highest BCUT2D eigenvalue weighted by Crippen LogP contribution is 2.19. The molecule has 1 amide bonds. The number of benzene rings is 1. The van der Waals surface area contributed by atoms with Crippen LogP contribution in [0.15, 0.2) is 12.1 Å². The Morgan fingerprint density at radius 2 is 2.05 bits per heavy atom. The van der Waals surface area contributed by atoms with Gasteiger partial charge in [-0.15, -0.1) is 0 Å². The number of amides is 1. The van der Waals surface area contributed by atoms with Gasteiger partial charge in [-0.3, -0.25) is 4.79 Å². The second kappa shape index (κ2) is 4.97. The molecule has 4 nitrogen and oxygen atoms in total. The maximum Gasteiger partial charge on any atom is 0.240 e. The number of imidazole rings is 1. The number of aromatic amines is 1. The molecule has 0 saturated heterocycles. The molecule has 0 unspecified atom stereocenters. The number of aromatic nitrogens is 2. The number of hydrogen-bond acceptors (Lipinski definition) is 2. The van der Waals surface area contributed by atoms with Crippen LogP contribution in [-0.2, 0) is 11.3 Å². The number of nitrogens with one attached hydrogen (secondary N) is 2. The predicted molar refractivity (Wildman–Crippen MR) is 74.9 cm³/mol. The molecule has 0 aliphatic carbocycles. The fraction of sp³-hybridized carbons (Fsp3) is 0.385. The first-order valence-corrected chi connectivity index (χ1v) is 6.47. The molecule has 20 heavy (non-hydrogen) atoms. The van der Waals surface area contributed by atoms with Crippen molar-refractivity contribution >= 4 is 29.2 Å². The summed E-state index contributed by atoms with van der Waals surface area (Å²) in [6.45, 7) is 5.44. The van der Waals surface area contributed by atoms with Gasteiger partial charge in [-0.1, -0.05) is 0 Å². The lowest BCUT2D eigenvalue weighted by Gasteiger charge is -2.20. The first kappa shape index (κ1) is 14.6. The molecule has 0 radical (unpaired) electrons. The molecular weight excluding hydrogens is 284 g/mol. The smallest absolute Gasteiger partial charge is 0.240 e. The minimum Gasteiger partial charge on any atom is -0.350 e. The lowest BCUT2D eigenvalue weighted by Crippen LogP contribution is -2.42. The van der Waals surface area contributed by atoms with E-state index in [1.165, 1.54) is 4.57 Å². The summed E-state index contributed by atoms with van der Waals surface area (Å²) in [6.07, 6.45) is 0. The van der Waals surface area contributed by atoms with Crippen molar-refractivity contribution in [2.24, 2.45) is 0 Å². The van der Waals surface area contributed by atoms with E-state index in [0.29, 0.717) is 0 Å². The molecule has 7 heteroatoms. The number of fused-ring (bicyclic) bond motifs is 1. The molecule has 1 aromatic carbocycles. The number of carbonyl (C=O) groups excluding carboxylic acids is 1. The summed E-state index contributed by atoms with van der Waals surface area (Å²) in [5.74, 6) is -1.73. The minimum atomic E-state index is -0.735. The monoisotopic (exact) mass is 299 g/mol. The van der Waals surface area contributed by atoms with Crippen molar-refractivity contribution in [2.45, 2.75) is 32.9 Å². The number of H-pyrrole nitrogens is 1. The van der Waals surface area contributed by atoms with E-state index in [0.717, 1.165) is 12.1 Å². The molecule has 0 spiro atoms. The van der Waals surface area contributed by atoms with Gasteiger partial charge >= 0.3 is 0 Å². The summed E-state index contributed by atoms with van der Waals surface area (Å²) in [4.78, 5) is 14.6. The Balaban J connectivity index is 2.42. The van der Waals surface area contributed by atoms with Crippen molar-refractivity contribution < 1.29 is 13.6 Å². The van der Waals surface area contributed by atoms with Gasteiger partial charge in [0.1, 0.15) is 17.9 Å². The van der Waals surface area contributed by atoms with E-state index < -0.39 is 11.6 Å². The van der Waals surface area contributed by atoms with Crippen molar-refractivity contribution in [3.8, 4) is 0 Å². The normalized spacial score (nSPS) is 11.8. The maximum absolute atomic E-state index is 13.6. The van der Waals surface area contributed by atoms with E-state index in [1.54, 1.807) is 0 Å². The van der Waals surface area contributed by atoms with Crippen LogP contribution in [0.5, 0.6) is 0 Å². The van der Waals surface area contributed by atoms with Gasteiger partial charge in [0.05, 0.1) is 5.52 Å². The zero-order chi connectivity index (χ0) is 15.1. The number of nitrogens with zero attached hydrogens (tertiary/aromatic N) is 1. The van der Waals surface area contributed by atoms with Crippen LogP contribution in [0.1, 0.15) is 20.8 Å². The van der Waals surface area contributed by atoms with Crippen LogP contribution in [0.25, 0.3) is 11.0 Å². The summed E-state index contributed by atoms with van der Waals surface area (Å²) >= 11 is 5.05. The van der Waals surface area contributed by atoms with Gasteiger partial charge in [-0.25, -0.2) is 8.78 Å². The molecule has 0 atom stereocenters. The van der Waals surface area contributed by atoms with Crippen molar-refractivity contribution in [2.75, 3.05) is 0 Å². The molecule has 1 aromatic heterocycles. The van der Waals surface area contributed by atoms with E-state index >= 15 is 0 Å². The zero-order valence-electron chi connectivity index (χ0n) is 11.4. The molecule has 0 aliphatic heterocycles. The average molecular weight is 299 g/mol. The van der Waals surface area contributed by atoms with E-state index in [-0.39, 0.29) is 33.8 Å². The molecule has 2 aromatic rings. The quantitative estimate of drug-likeness (QED) is 0.838. The number of hydrogen-bond donors (Lipinski definition) is 2. The van der Waals surface area contributed by atoms with Gasteiger partial charge in [0.15, 0.2) is 10.6 Å². The van der Waals surface area contributed by atoms with Crippen LogP contribution in [0.4, 0.5) is 8.78 Å². The van der Waals surface area contributed by atoms with Gasteiger partial charge in [0.2, 0.25) is 5.91 Å². The van der Waals surface area contributed by atoms with Crippen LogP contribution in [0.2, 0.25) is 0 Å². The Kier molecular flexibility index (Phi) is 3.64. The molecular formula is C13H15F2N3OS. The van der Waals surface area contributed by atoms with E-state index in [1.807, 2.05) is 20.8 Å². The van der Waals surface area contributed by atoms with E-state index in [9.17, 15) is 13.6 Å². The third-order valence-electron chi connectivity index (χ3n) is 2.62. The second-order valence-corrected chi connectivity index (χ2v) is 5.98. The zero-order valence-corrected chi connectivity index (χ0v) is 12.2. The summed E-state index contributed by atoms with van der Waals surface area (Å²) in [7, 11) is 0. The van der Waals surface area contributed by atoms with E-state index in [2.05, 4.69) is 10.3 Å². The molecule has 108 valence electrons. The van der Waals surface area contributed by atoms with Crippen LogP contribution in [-0.4, -0.2) is 21.0 Å². The first-order chi connectivity index (χ1) is 9.17. The standard InChI is InChI=1S/C13H15F2N3OS/c1-13(2,3)17-10(19)6-18-9-5-7(14)4-8(15)11(9)16-12(18)20/h4-5H,6H2,1-3H3,(H,16,20)(H,17,19). The predicted octanol–water partition coefficient (Wildman–Crippen LogP) is 2.89. The minimum absolute atomic E-state index is 0.0972. The lowest BCUT2D eigenvalue weighted by atomic mass is 10.1. The molecule has 1 heterocycles. The Labute approximate surface area is 119 Å². The van der Waals surface area contributed by atoms with Gasteiger partial charge in [-0.05, 0) is 39.1 Å². The summed E-state index contributed by atoms with van der Waals surface area (Å²) in [5, 5.41) is 2.77. The maximum atomic E-state index is 13.6. The Hall–Kier alpha value is -1.76. The molecule has 2 rings (SSSR count). The summed E-state index contributed by atoms with van der Waals surface area (Å²) in [5.41, 5.74) is -0.0569. The van der Waals surface area contributed by atoms with E-state index in [4.69, 9.17) is 12.2 Å². The van der Waals surface area contributed by atoms with Crippen molar-refractivity contribution in [1.29, 1.82) is 0 Å². The summed E-state index contributed by atoms with van der Waals surface area (Å²) in [6, 6.07) is 1.92. The molecule has 0 saturated carbocycles. The molecule has 2 N–H and O–H groups in total. The number of carbonyl (C=O) groups is 1. The first-order valence-electron chi connectivity index (χ1n) is 6.06. The van der Waals surface area contributed by atoms with Gasteiger partial charge < -0.3 is 14.9 Å². The van der Waals surface area contributed by atoms with Crippen molar-refractivity contribution in [1.82, 2.24) is 14.9 Å². The Morgan fingerprint density at radius 1 is 1.40 bits per heavy atom. The topological polar surface area (TPSA) is 49.8 Å². The fourth-order valence-corrected chi connectivity index (χ4v) is 2.20. The van der Waals surface area contributed by atoms with Crippen LogP contribution in [0.3, 0.4) is 0 Å². The summed E-state index contributed by atoms with van der Waals surface area (Å²) < 4.78 is 28.5. The van der Waals surface area contributed by atoms with Gasteiger partial charge in [0.25, 0.3) is 0 Å². The number of halogens is 2. The van der Waals surface area contributed by atoms with Gasteiger partial charge in [-0.2, -0.15) is 0 Å². The number of rotatable bonds is 2. The highest BCUT2D eigenvalue weighted by molar-refractivity contribution is 7.71. The largest absolute Gasteiger partial charge is 0.350 e. The van der Waals surface area contributed by atoms with Crippen LogP contribution >= 0.6 is 12.2 Å². The molecule has 0 aliphatic rings. The molecule has 0 bridgehead atoms. The average Bonchev–Trinajstić information content (AvgIpc) is 2.54. The highest BCUT2D eigenvalue weighted by atomic mass is 32.1. The lowest BCUT2D eigenvalue weighted by molar-refractivity contribution is -0.123. The van der Waals surface area contributed by atoms with Crippen molar-refractivity contribution in [3.05, 3.63) is 28.5 Å². The molecule has 0 fully saturated rings. The SMILES string of the molecule is CC(C)(C)NC(=O)Cn1c(=S)[nH]c2c(F)cc(F)cc21. The third kappa shape index (κ3) is 3.04. The Morgan fingerprint density at radius 3 is 2.65 bits per heavy atom. The van der Waals surface area contributed by atoms with Crippen LogP contribution < -0.4 is 5.32 Å². The van der Waals surface area contributed by atoms with Crippen LogP contribution in [0, 0.1) is 16.4 Å².